The van der Waals surface area contributed by atoms with E-state index in [0.717, 1.165) is 38.6 Å². The van der Waals surface area contributed by atoms with Gasteiger partial charge in [0, 0.05) is 26.2 Å². The van der Waals surface area contributed by atoms with Crippen LogP contribution < -0.4 is 10.6 Å². The molecule has 21 heavy (non-hydrogen) atoms. The third-order valence-corrected chi connectivity index (χ3v) is 3.19. The van der Waals surface area contributed by atoms with Crippen LogP contribution in [0, 0.1) is 0 Å². The zero-order chi connectivity index (χ0) is 15.2. The molecule has 0 fully saturated rings. The quantitative estimate of drug-likeness (QED) is 0.236. The molecular formula is C15H35IN4O. The lowest BCUT2D eigenvalue weighted by atomic mass is 10.3. The van der Waals surface area contributed by atoms with Crippen LogP contribution in [0.2, 0.25) is 0 Å². The molecule has 0 aromatic rings. The second-order valence-corrected chi connectivity index (χ2v) is 5.00. The maximum Gasteiger partial charge on any atom is 0.191 e. The highest BCUT2D eigenvalue weighted by Gasteiger charge is 2.04. The maximum atomic E-state index is 5.13. The van der Waals surface area contributed by atoms with Crippen LogP contribution >= 0.6 is 24.0 Å². The Labute approximate surface area is 148 Å². The van der Waals surface area contributed by atoms with Gasteiger partial charge in [0.1, 0.15) is 0 Å². The number of ether oxygens (including phenoxy) is 1. The molecule has 0 aromatic carbocycles. The Morgan fingerprint density at radius 3 is 2.38 bits per heavy atom. The van der Waals surface area contributed by atoms with E-state index in [1.54, 1.807) is 7.11 Å². The number of aliphatic imine (C=N–C) groups is 1. The van der Waals surface area contributed by atoms with E-state index in [9.17, 15) is 0 Å². The van der Waals surface area contributed by atoms with Gasteiger partial charge in [-0.3, -0.25) is 4.99 Å². The van der Waals surface area contributed by atoms with E-state index in [1.807, 2.05) is 0 Å². The summed E-state index contributed by atoms with van der Waals surface area (Å²) >= 11 is 0. The van der Waals surface area contributed by atoms with Crippen LogP contribution in [0.25, 0.3) is 0 Å². The Bertz CT molecular complexity index is 248. The minimum absolute atomic E-state index is 0. The molecule has 0 radical (unpaired) electrons. The van der Waals surface area contributed by atoms with Gasteiger partial charge in [-0.2, -0.15) is 0 Å². The molecule has 0 aliphatic carbocycles. The first-order valence-electron chi connectivity index (χ1n) is 7.93. The van der Waals surface area contributed by atoms with E-state index < -0.39 is 0 Å². The average Bonchev–Trinajstić information content (AvgIpc) is 2.43. The maximum absolute atomic E-state index is 5.13. The predicted molar refractivity (Wildman–Crippen MR) is 103 cm³/mol. The number of rotatable bonds is 11. The Morgan fingerprint density at radius 1 is 1.19 bits per heavy atom. The first-order chi connectivity index (χ1) is 9.67. The molecule has 1 atom stereocenters. The van der Waals surface area contributed by atoms with Crippen molar-refractivity contribution in [3.63, 3.8) is 0 Å². The summed E-state index contributed by atoms with van der Waals surface area (Å²) in [6.07, 6.45) is 2.34. The molecule has 0 bridgehead atoms. The zero-order valence-electron chi connectivity index (χ0n) is 14.4. The summed E-state index contributed by atoms with van der Waals surface area (Å²) in [7, 11) is 1.72. The van der Waals surface area contributed by atoms with Gasteiger partial charge in [0.25, 0.3) is 0 Å². The van der Waals surface area contributed by atoms with Gasteiger partial charge in [-0.25, -0.2) is 0 Å². The van der Waals surface area contributed by atoms with Crippen molar-refractivity contribution >= 4 is 29.9 Å². The summed E-state index contributed by atoms with van der Waals surface area (Å²) in [5.74, 6) is 0.889. The highest BCUT2D eigenvalue weighted by molar-refractivity contribution is 14.0. The number of guanidine groups is 1. The fraction of sp³-hybridized carbons (Fsp3) is 0.933. The topological polar surface area (TPSA) is 48.9 Å². The molecule has 0 heterocycles. The van der Waals surface area contributed by atoms with Gasteiger partial charge in [0.05, 0.1) is 6.61 Å². The summed E-state index contributed by atoms with van der Waals surface area (Å²) in [5, 5.41) is 6.61. The highest BCUT2D eigenvalue weighted by Crippen LogP contribution is 1.95. The first kappa shape index (κ1) is 23.2. The van der Waals surface area contributed by atoms with Gasteiger partial charge in [0.2, 0.25) is 0 Å². The van der Waals surface area contributed by atoms with Crippen LogP contribution in [0.15, 0.2) is 4.99 Å². The second kappa shape index (κ2) is 16.3. The molecule has 0 aliphatic heterocycles. The van der Waals surface area contributed by atoms with Gasteiger partial charge in [-0.15, -0.1) is 24.0 Å². The van der Waals surface area contributed by atoms with E-state index in [1.165, 1.54) is 13.0 Å². The lowest BCUT2D eigenvalue weighted by Gasteiger charge is -2.18. The molecule has 128 valence electrons. The molecule has 0 saturated carbocycles. The third-order valence-electron chi connectivity index (χ3n) is 3.19. The van der Waals surface area contributed by atoms with Crippen LogP contribution in [0.5, 0.6) is 0 Å². The number of nitrogens with one attached hydrogen (secondary N) is 2. The Hall–Kier alpha value is -0.0800. The molecule has 0 aliphatic rings. The lowest BCUT2D eigenvalue weighted by Crippen LogP contribution is -2.44. The van der Waals surface area contributed by atoms with Gasteiger partial charge >= 0.3 is 0 Å². The fourth-order valence-electron chi connectivity index (χ4n) is 2.02. The van der Waals surface area contributed by atoms with Gasteiger partial charge in [-0.05, 0) is 46.3 Å². The predicted octanol–water partition coefficient (Wildman–Crippen LogP) is 2.32. The number of hydrogen-bond donors (Lipinski definition) is 2. The molecule has 6 heteroatoms. The number of hydrogen-bond acceptors (Lipinski definition) is 3. The van der Waals surface area contributed by atoms with Gasteiger partial charge in [0.15, 0.2) is 5.96 Å². The minimum Gasteiger partial charge on any atom is -0.383 e. The summed E-state index contributed by atoms with van der Waals surface area (Å²) in [6, 6.07) is 0.272. The van der Waals surface area contributed by atoms with Crippen molar-refractivity contribution in [3.8, 4) is 0 Å². The number of halogens is 1. The van der Waals surface area contributed by atoms with E-state index in [4.69, 9.17) is 4.74 Å². The van der Waals surface area contributed by atoms with E-state index in [0.29, 0.717) is 6.61 Å². The monoisotopic (exact) mass is 414 g/mol. The van der Waals surface area contributed by atoms with Crippen LogP contribution in [-0.4, -0.2) is 63.3 Å². The summed E-state index contributed by atoms with van der Waals surface area (Å²) in [6.45, 7) is 14.5. The van der Waals surface area contributed by atoms with Crippen molar-refractivity contribution in [1.29, 1.82) is 0 Å². The smallest absolute Gasteiger partial charge is 0.191 e. The standard InChI is InChI=1S/C15H34N4O.HI/c1-6-16-15(18-14(4)13-20-5)17-11-9-10-12-19(7-2)8-3;/h14H,6-13H2,1-5H3,(H2,16,17,18);1H. The molecule has 0 amide bonds. The van der Waals surface area contributed by atoms with Crippen LogP contribution in [0.3, 0.4) is 0 Å². The molecule has 0 saturated heterocycles. The Kier molecular flexibility index (Phi) is 18.0. The zero-order valence-corrected chi connectivity index (χ0v) is 16.8. The number of methoxy groups -OCH3 is 1. The molecule has 0 rings (SSSR count). The number of nitrogens with zero attached hydrogens (tertiary/aromatic N) is 2. The van der Waals surface area contributed by atoms with Crippen molar-refractivity contribution in [2.75, 3.05) is 46.4 Å². The van der Waals surface area contributed by atoms with Crippen LogP contribution in [0.1, 0.15) is 40.5 Å². The fourth-order valence-corrected chi connectivity index (χ4v) is 2.02. The van der Waals surface area contributed by atoms with Gasteiger partial charge in [-0.1, -0.05) is 13.8 Å². The second-order valence-electron chi connectivity index (χ2n) is 5.00. The highest BCUT2D eigenvalue weighted by atomic mass is 127. The molecular weight excluding hydrogens is 379 g/mol. The van der Waals surface area contributed by atoms with Gasteiger partial charge < -0.3 is 20.3 Å². The third kappa shape index (κ3) is 13.3. The summed E-state index contributed by atoms with van der Waals surface area (Å²) in [5.41, 5.74) is 0. The lowest BCUT2D eigenvalue weighted by molar-refractivity contribution is 0.179. The minimum atomic E-state index is 0. The number of unbranched alkanes of at least 4 members (excludes halogenated alkanes) is 1. The van der Waals surface area contributed by atoms with Crippen molar-refractivity contribution in [3.05, 3.63) is 0 Å². The molecule has 5 nitrogen and oxygen atoms in total. The molecule has 1 unspecified atom stereocenters. The molecule has 0 aromatic heterocycles. The first-order valence-corrected chi connectivity index (χ1v) is 7.93. The summed E-state index contributed by atoms with van der Waals surface area (Å²) in [4.78, 5) is 7.06. The van der Waals surface area contributed by atoms with Crippen molar-refractivity contribution < 1.29 is 4.74 Å². The van der Waals surface area contributed by atoms with Crippen molar-refractivity contribution in [1.82, 2.24) is 15.5 Å². The average molecular weight is 414 g/mol. The van der Waals surface area contributed by atoms with E-state index in [2.05, 4.69) is 48.2 Å². The van der Waals surface area contributed by atoms with Crippen LogP contribution in [0.4, 0.5) is 0 Å². The largest absolute Gasteiger partial charge is 0.383 e. The Morgan fingerprint density at radius 2 is 1.86 bits per heavy atom. The van der Waals surface area contributed by atoms with Crippen molar-refractivity contribution in [2.45, 2.75) is 46.6 Å². The Balaban J connectivity index is 0. The van der Waals surface area contributed by atoms with E-state index in [-0.39, 0.29) is 30.0 Å². The van der Waals surface area contributed by atoms with Crippen LogP contribution in [-0.2, 0) is 4.74 Å². The molecule has 0 spiro atoms. The molecule has 2 N–H and O–H groups in total. The SMILES string of the molecule is CCNC(=NCCCCN(CC)CC)NC(C)COC.I. The summed E-state index contributed by atoms with van der Waals surface area (Å²) < 4.78 is 5.13. The normalized spacial score (nSPS) is 13.0. The van der Waals surface area contributed by atoms with E-state index >= 15 is 0 Å². The van der Waals surface area contributed by atoms with Crippen molar-refractivity contribution in [2.24, 2.45) is 4.99 Å².